The summed E-state index contributed by atoms with van der Waals surface area (Å²) < 4.78 is 1.33. The molecule has 1 aliphatic carbocycles. The highest BCUT2D eigenvalue weighted by Crippen LogP contribution is 2.38. The third-order valence-electron chi connectivity index (χ3n) is 5.21. The molecule has 4 rings (SSSR count). The van der Waals surface area contributed by atoms with Gasteiger partial charge in [0, 0.05) is 49.9 Å². The number of hydrogen-bond acceptors (Lipinski definition) is 7. The van der Waals surface area contributed by atoms with E-state index in [9.17, 15) is 9.59 Å². The molecule has 0 spiro atoms. The molecule has 2 aromatic rings. The number of nitrogens with zero attached hydrogens (tertiary/aromatic N) is 5. The Hall–Kier alpha value is -2.97. The van der Waals surface area contributed by atoms with Crippen molar-refractivity contribution in [3.05, 3.63) is 40.2 Å². The van der Waals surface area contributed by atoms with Crippen LogP contribution in [0.2, 0.25) is 0 Å². The van der Waals surface area contributed by atoms with Crippen LogP contribution in [0.15, 0.2) is 23.3 Å². The summed E-state index contributed by atoms with van der Waals surface area (Å²) in [4.78, 5) is 39.8. The van der Waals surface area contributed by atoms with Gasteiger partial charge < -0.3 is 15.5 Å². The molecule has 0 unspecified atom stereocenters. The maximum atomic E-state index is 12.1. The number of carbonyl (C=O) groups excluding carboxylic acids is 1. The van der Waals surface area contributed by atoms with Crippen LogP contribution in [0.5, 0.6) is 0 Å². The lowest BCUT2D eigenvalue weighted by Crippen LogP contribution is -2.35. The van der Waals surface area contributed by atoms with Crippen LogP contribution in [0.3, 0.4) is 0 Å². The maximum Gasteiger partial charge on any atom is 0.254 e. The molecule has 1 amide bonds. The highest BCUT2D eigenvalue weighted by molar-refractivity contribution is 5.75. The van der Waals surface area contributed by atoms with Gasteiger partial charge in [-0.1, -0.05) is 0 Å². The van der Waals surface area contributed by atoms with Gasteiger partial charge in [-0.25, -0.2) is 9.97 Å². The minimum atomic E-state index is -0.224. The summed E-state index contributed by atoms with van der Waals surface area (Å²) in [5.74, 6) is 1.71. The summed E-state index contributed by atoms with van der Waals surface area (Å²) in [5.41, 5.74) is 1.56. The Kier molecular flexibility index (Phi) is 5.73. The largest absolute Gasteiger partial charge is 0.356 e. The first-order chi connectivity index (χ1) is 14.1. The highest BCUT2D eigenvalue weighted by Gasteiger charge is 2.25. The summed E-state index contributed by atoms with van der Waals surface area (Å²) in [5, 5.41) is 5.97. The van der Waals surface area contributed by atoms with Crippen molar-refractivity contribution in [1.82, 2.24) is 24.8 Å². The van der Waals surface area contributed by atoms with Crippen molar-refractivity contribution in [3.63, 3.8) is 0 Å². The van der Waals surface area contributed by atoms with Gasteiger partial charge in [-0.2, -0.15) is 4.98 Å². The first kappa shape index (κ1) is 19.4. The predicted octanol–water partition coefficient (Wildman–Crippen LogP) is 1.05. The Balaban J connectivity index is 1.24. The van der Waals surface area contributed by atoms with Crippen LogP contribution in [0.25, 0.3) is 0 Å². The number of hydrogen-bond donors (Lipinski definition) is 2. The third-order valence-corrected chi connectivity index (χ3v) is 5.21. The van der Waals surface area contributed by atoms with Crippen LogP contribution >= 0.6 is 0 Å². The molecule has 1 aliphatic heterocycles. The van der Waals surface area contributed by atoms with E-state index in [0.717, 1.165) is 43.1 Å². The number of aromatic nitrogens is 4. The van der Waals surface area contributed by atoms with Gasteiger partial charge in [-0.15, -0.1) is 0 Å². The summed E-state index contributed by atoms with van der Waals surface area (Å²) in [7, 11) is 0. The van der Waals surface area contributed by atoms with Crippen molar-refractivity contribution in [3.8, 4) is 0 Å². The Morgan fingerprint density at radius 2 is 1.97 bits per heavy atom. The fourth-order valence-electron chi connectivity index (χ4n) is 3.49. The standard InChI is InChI=1S/C20H27N7O2/c1-14-10-17(26-8-2-3-9-26)25-20(24-14)22-7-6-21-18(28)12-27-13-23-16(11-19(27)29)15-4-5-15/h10-11,13,15H,2-9,12H2,1H3,(H,21,28)(H,22,24,25). The molecular weight excluding hydrogens is 370 g/mol. The summed E-state index contributed by atoms with van der Waals surface area (Å²) in [6.07, 6.45) is 6.04. The van der Waals surface area contributed by atoms with E-state index >= 15 is 0 Å². The zero-order valence-corrected chi connectivity index (χ0v) is 16.7. The van der Waals surface area contributed by atoms with Gasteiger partial charge >= 0.3 is 0 Å². The Bertz CT molecular complexity index is 933. The number of rotatable bonds is 8. The Morgan fingerprint density at radius 3 is 2.69 bits per heavy atom. The predicted molar refractivity (Wildman–Crippen MR) is 110 cm³/mol. The van der Waals surface area contributed by atoms with Crippen molar-refractivity contribution in [2.24, 2.45) is 0 Å². The summed E-state index contributed by atoms with van der Waals surface area (Å²) >= 11 is 0. The van der Waals surface area contributed by atoms with Gasteiger partial charge in [0.25, 0.3) is 5.56 Å². The number of nitrogens with one attached hydrogen (secondary N) is 2. The fraction of sp³-hybridized carbons (Fsp3) is 0.550. The lowest BCUT2D eigenvalue weighted by molar-refractivity contribution is -0.121. The van der Waals surface area contributed by atoms with Crippen molar-refractivity contribution in [2.75, 3.05) is 36.4 Å². The zero-order valence-electron chi connectivity index (χ0n) is 16.7. The number of amides is 1. The maximum absolute atomic E-state index is 12.1. The minimum absolute atomic E-state index is 0.0309. The van der Waals surface area contributed by atoms with E-state index in [0.29, 0.717) is 25.0 Å². The molecule has 9 heteroatoms. The molecule has 0 bridgehead atoms. The molecule has 3 heterocycles. The molecule has 154 valence electrons. The molecule has 29 heavy (non-hydrogen) atoms. The van der Waals surface area contributed by atoms with Crippen LogP contribution < -0.4 is 21.1 Å². The minimum Gasteiger partial charge on any atom is -0.356 e. The summed E-state index contributed by atoms with van der Waals surface area (Å²) in [6.45, 7) is 4.90. The molecule has 0 aromatic carbocycles. The van der Waals surface area contributed by atoms with Gasteiger partial charge in [-0.05, 0) is 32.6 Å². The van der Waals surface area contributed by atoms with Crippen molar-refractivity contribution in [1.29, 1.82) is 0 Å². The van der Waals surface area contributed by atoms with E-state index in [1.165, 1.54) is 23.7 Å². The van der Waals surface area contributed by atoms with E-state index in [4.69, 9.17) is 0 Å². The van der Waals surface area contributed by atoms with Crippen molar-refractivity contribution >= 4 is 17.7 Å². The van der Waals surface area contributed by atoms with Gasteiger partial charge in [0.1, 0.15) is 12.4 Å². The highest BCUT2D eigenvalue weighted by atomic mass is 16.2. The molecule has 1 saturated heterocycles. The van der Waals surface area contributed by atoms with Crippen LogP contribution in [0, 0.1) is 6.92 Å². The zero-order chi connectivity index (χ0) is 20.2. The average Bonchev–Trinajstić information content (AvgIpc) is 3.40. The third kappa shape index (κ3) is 5.10. The van der Waals surface area contributed by atoms with E-state index < -0.39 is 0 Å². The van der Waals surface area contributed by atoms with Gasteiger partial charge in [-0.3, -0.25) is 14.2 Å². The number of aryl methyl sites for hydroxylation is 1. The van der Waals surface area contributed by atoms with Crippen LogP contribution in [-0.2, 0) is 11.3 Å². The van der Waals surface area contributed by atoms with Crippen molar-refractivity contribution < 1.29 is 4.79 Å². The second-order valence-electron chi connectivity index (χ2n) is 7.72. The van der Waals surface area contributed by atoms with E-state index in [1.54, 1.807) is 6.07 Å². The first-order valence-corrected chi connectivity index (χ1v) is 10.3. The Labute approximate surface area is 169 Å². The molecule has 0 atom stereocenters. The average molecular weight is 397 g/mol. The first-order valence-electron chi connectivity index (χ1n) is 10.3. The Morgan fingerprint density at radius 1 is 1.17 bits per heavy atom. The monoisotopic (exact) mass is 397 g/mol. The van der Waals surface area contributed by atoms with Crippen molar-refractivity contribution in [2.45, 2.75) is 45.1 Å². The topological polar surface area (TPSA) is 105 Å². The molecule has 2 fully saturated rings. The second kappa shape index (κ2) is 8.59. The normalized spacial score (nSPS) is 16.1. The van der Waals surface area contributed by atoms with Crippen LogP contribution in [0.1, 0.15) is 43.0 Å². The van der Waals surface area contributed by atoms with Crippen LogP contribution in [-0.4, -0.2) is 51.6 Å². The lowest BCUT2D eigenvalue weighted by atomic mass is 10.3. The van der Waals surface area contributed by atoms with Gasteiger partial charge in [0.15, 0.2) is 0 Å². The number of carbonyl (C=O) groups is 1. The number of anilines is 2. The molecule has 1 saturated carbocycles. The van der Waals surface area contributed by atoms with E-state index in [-0.39, 0.29) is 18.0 Å². The fourth-order valence-corrected chi connectivity index (χ4v) is 3.49. The molecule has 2 N–H and O–H groups in total. The van der Waals surface area contributed by atoms with E-state index in [1.807, 2.05) is 13.0 Å². The van der Waals surface area contributed by atoms with Gasteiger partial charge in [0.2, 0.25) is 11.9 Å². The van der Waals surface area contributed by atoms with Crippen LogP contribution in [0.4, 0.5) is 11.8 Å². The van der Waals surface area contributed by atoms with Gasteiger partial charge in [0.05, 0.1) is 12.0 Å². The summed E-state index contributed by atoms with van der Waals surface area (Å²) in [6, 6.07) is 3.54. The quantitative estimate of drug-likeness (QED) is 0.642. The molecular formula is C20H27N7O2. The molecule has 2 aromatic heterocycles. The molecule has 2 aliphatic rings. The smallest absolute Gasteiger partial charge is 0.254 e. The molecule has 0 radical (unpaired) electrons. The molecule has 9 nitrogen and oxygen atoms in total. The SMILES string of the molecule is Cc1cc(N2CCCC2)nc(NCCNC(=O)Cn2cnc(C3CC3)cc2=O)n1. The van der Waals surface area contributed by atoms with E-state index in [2.05, 4.69) is 30.5 Å². The second-order valence-corrected chi connectivity index (χ2v) is 7.72. The lowest BCUT2D eigenvalue weighted by Gasteiger charge is -2.17.